The lowest BCUT2D eigenvalue weighted by atomic mass is 10.0. The van der Waals surface area contributed by atoms with E-state index in [1.807, 2.05) is 38.3 Å². The molecule has 0 spiro atoms. The number of nitrogens with zero attached hydrogens (tertiary/aromatic N) is 2. The number of rotatable bonds is 3. The van der Waals surface area contributed by atoms with Crippen LogP contribution in [0.5, 0.6) is 0 Å². The maximum Gasteiger partial charge on any atom is 0.254 e. The maximum absolute atomic E-state index is 13.4. The van der Waals surface area contributed by atoms with Crippen molar-refractivity contribution in [2.45, 2.75) is 20.8 Å². The Balaban J connectivity index is 2.32. The van der Waals surface area contributed by atoms with E-state index in [0.717, 1.165) is 22.3 Å². The van der Waals surface area contributed by atoms with Crippen LogP contribution in [-0.4, -0.2) is 11.2 Å². The Labute approximate surface area is 124 Å². The van der Waals surface area contributed by atoms with E-state index in [0.29, 0.717) is 0 Å². The lowest BCUT2D eigenvalue weighted by molar-refractivity contribution is 0.411. The second-order valence-electron chi connectivity index (χ2n) is 4.88. The number of benzene rings is 1. The summed E-state index contributed by atoms with van der Waals surface area (Å²) in [6, 6.07) is 3.84. The molecule has 0 saturated heterocycles. The highest BCUT2D eigenvalue weighted by molar-refractivity contribution is 5.84. The minimum Gasteiger partial charge on any atom is -0.272 e. The summed E-state index contributed by atoms with van der Waals surface area (Å²) < 4.78 is 52.7. The summed E-state index contributed by atoms with van der Waals surface area (Å²) in [6.07, 6.45) is 1.33. The first-order chi connectivity index (χ1) is 10.3. The number of hydrazone groups is 1. The molecule has 3 nitrogen and oxygen atoms in total. The number of aromatic nitrogens is 1. The molecule has 22 heavy (non-hydrogen) atoms. The normalized spacial score (nSPS) is 11.2. The van der Waals surface area contributed by atoms with Crippen LogP contribution in [-0.2, 0) is 0 Å². The van der Waals surface area contributed by atoms with E-state index < -0.39 is 29.2 Å². The van der Waals surface area contributed by atoms with Crippen molar-refractivity contribution < 1.29 is 17.6 Å². The zero-order valence-electron chi connectivity index (χ0n) is 12.1. The fraction of sp³-hybridized carbons (Fsp3) is 0.200. The quantitative estimate of drug-likeness (QED) is 0.402. The van der Waals surface area contributed by atoms with Crippen LogP contribution in [0.25, 0.3) is 0 Å². The van der Waals surface area contributed by atoms with Crippen molar-refractivity contribution >= 4 is 11.9 Å². The molecule has 1 heterocycles. The van der Waals surface area contributed by atoms with Crippen LogP contribution in [0.4, 0.5) is 23.2 Å². The molecule has 116 valence electrons. The fourth-order valence-corrected chi connectivity index (χ4v) is 2.14. The zero-order valence-corrected chi connectivity index (χ0v) is 12.1. The fourth-order valence-electron chi connectivity index (χ4n) is 2.14. The van der Waals surface area contributed by atoms with Crippen molar-refractivity contribution in [1.29, 1.82) is 0 Å². The summed E-state index contributed by atoms with van der Waals surface area (Å²) in [5, 5.41) is 3.65. The molecular weight excluding hydrogens is 298 g/mol. The molecule has 1 aromatic heterocycles. The Kier molecular flexibility index (Phi) is 4.44. The first-order valence-electron chi connectivity index (χ1n) is 6.38. The van der Waals surface area contributed by atoms with Gasteiger partial charge in [-0.05, 0) is 31.9 Å². The molecule has 0 aliphatic rings. The molecule has 7 heteroatoms. The highest BCUT2D eigenvalue weighted by atomic mass is 19.2. The van der Waals surface area contributed by atoms with Gasteiger partial charge in [-0.15, -0.1) is 0 Å². The average molecular weight is 311 g/mol. The summed E-state index contributed by atoms with van der Waals surface area (Å²) in [4.78, 5) is 2.46. The molecular formula is C15H13F4N3. The summed E-state index contributed by atoms with van der Waals surface area (Å²) in [7, 11) is 0. The van der Waals surface area contributed by atoms with Crippen molar-refractivity contribution in [3.8, 4) is 0 Å². The van der Waals surface area contributed by atoms with Gasteiger partial charge in [0, 0.05) is 5.56 Å². The number of anilines is 1. The molecule has 0 radical (unpaired) electrons. The van der Waals surface area contributed by atoms with Crippen molar-refractivity contribution in [3.63, 3.8) is 0 Å². The number of aryl methyl sites for hydroxylation is 3. The van der Waals surface area contributed by atoms with Gasteiger partial charge >= 0.3 is 0 Å². The lowest BCUT2D eigenvalue weighted by Gasteiger charge is -2.08. The third-order valence-corrected chi connectivity index (χ3v) is 3.11. The lowest BCUT2D eigenvalue weighted by Crippen LogP contribution is -2.06. The highest BCUT2D eigenvalue weighted by Gasteiger charge is 2.20. The Morgan fingerprint density at radius 2 is 1.45 bits per heavy atom. The van der Waals surface area contributed by atoms with Crippen molar-refractivity contribution in [2.75, 3.05) is 5.43 Å². The Hall–Kier alpha value is -2.44. The number of pyridine rings is 1. The van der Waals surface area contributed by atoms with E-state index in [4.69, 9.17) is 0 Å². The molecule has 2 aromatic rings. The summed E-state index contributed by atoms with van der Waals surface area (Å²) in [5.74, 6) is -6.74. The van der Waals surface area contributed by atoms with Gasteiger partial charge in [-0.2, -0.15) is 27.6 Å². The SMILES string of the molecule is Cc1cc(C)c(/C=N\Nc2c(F)c(F)nc(F)c2F)c(C)c1. The highest BCUT2D eigenvalue weighted by Crippen LogP contribution is 2.22. The van der Waals surface area contributed by atoms with Crippen molar-refractivity contribution in [3.05, 3.63) is 57.9 Å². The van der Waals surface area contributed by atoms with Gasteiger partial charge in [0.05, 0.1) is 6.21 Å². The third-order valence-electron chi connectivity index (χ3n) is 3.11. The van der Waals surface area contributed by atoms with Crippen LogP contribution in [0.15, 0.2) is 17.2 Å². The molecule has 0 aliphatic heterocycles. The molecule has 2 rings (SSSR count). The first kappa shape index (κ1) is 15.9. The Morgan fingerprint density at radius 3 is 1.95 bits per heavy atom. The zero-order chi connectivity index (χ0) is 16.4. The number of hydrogen-bond donors (Lipinski definition) is 1. The second-order valence-corrected chi connectivity index (χ2v) is 4.88. The molecule has 1 aromatic carbocycles. The monoisotopic (exact) mass is 311 g/mol. The van der Waals surface area contributed by atoms with Gasteiger partial charge in [0.2, 0.25) is 11.6 Å². The molecule has 0 saturated carbocycles. The van der Waals surface area contributed by atoms with Gasteiger partial charge in [0.1, 0.15) is 5.69 Å². The summed E-state index contributed by atoms with van der Waals surface area (Å²) in [6.45, 7) is 5.65. The predicted molar refractivity (Wildman–Crippen MR) is 75.9 cm³/mol. The van der Waals surface area contributed by atoms with Crippen molar-refractivity contribution in [2.24, 2.45) is 5.10 Å². The summed E-state index contributed by atoms with van der Waals surface area (Å²) in [5.41, 5.74) is 4.59. The van der Waals surface area contributed by atoms with E-state index >= 15 is 0 Å². The van der Waals surface area contributed by atoms with Gasteiger partial charge in [0.15, 0.2) is 0 Å². The van der Waals surface area contributed by atoms with Gasteiger partial charge in [-0.3, -0.25) is 5.43 Å². The average Bonchev–Trinajstić information content (AvgIpc) is 2.42. The van der Waals surface area contributed by atoms with Crippen molar-refractivity contribution in [1.82, 2.24) is 4.98 Å². The smallest absolute Gasteiger partial charge is 0.254 e. The minimum absolute atomic E-state index is 0.744. The standard InChI is InChI=1S/C15H13F4N3/c1-7-4-8(2)10(9(3)5-7)6-20-22-13-11(16)14(18)21-15(19)12(13)17/h4-6H,1-3H3,(H,21,22)/b20-6-. The molecule has 1 N–H and O–H groups in total. The number of hydrogen-bond acceptors (Lipinski definition) is 3. The number of nitrogens with one attached hydrogen (secondary N) is 1. The van der Waals surface area contributed by atoms with E-state index in [9.17, 15) is 17.6 Å². The van der Waals surface area contributed by atoms with Crippen LogP contribution in [0.1, 0.15) is 22.3 Å². The Bertz CT molecular complexity index is 708. The van der Waals surface area contributed by atoms with Gasteiger partial charge in [0.25, 0.3) is 11.9 Å². The van der Waals surface area contributed by atoms with Crippen LogP contribution < -0.4 is 5.43 Å². The minimum atomic E-state index is -1.74. The Morgan fingerprint density at radius 1 is 0.955 bits per heavy atom. The maximum atomic E-state index is 13.4. The number of halogens is 4. The van der Waals surface area contributed by atoms with E-state index in [1.165, 1.54) is 6.21 Å². The largest absolute Gasteiger partial charge is 0.272 e. The first-order valence-corrected chi connectivity index (χ1v) is 6.38. The topological polar surface area (TPSA) is 37.3 Å². The van der Waals surface area contributed by atoms with E-state index in [1.54, 1.807) is 0 Å². The molecule has 0 aliphatic carbocycles. The van der Waals surface area contributed by atoms with E-state index in [2.05, 4.69) is 10.1 Å². The third kappa shape index (κ3) is 3.08. The summed E-state index contributed by atoms with van der Waals surface area (Å²) >= 11 is 0. The molecule has 0 unspecified atom stereocenters. The van der Waals surface area contributed by atoms with Gasteiger partial charge in [-0.25, -0.2) is 0 Å². The molecule has 0 atom stereocenters. The molecule has 0 bridgehead atoms. The van der Waals surface area contributed by atoms with Crippen LogP contribution in [0, 0.1) is 44.3 Å². The van der Waals surface area contributed by atoms with Crippen LogP contribution in [0.3, 0.4) is 0 Å². The van der Waals surface area contributed by atoms with Gasteiger partial charge in [-0.1, -0.05) is 17.7 Å². The van der Waals surface area contributed by atoms with E-state index in [-0.39, 0.29) is 0 Å². The molecule has 0 amide bonds. The predicted octanol–water partition coefficient (Wildman–Crippen LogP) is 4.01. The van der Waals surface area contributed by atoms with Crippen LogP contribution >= 0.6 is 0 Å². The second kappa shape index (κ2) is 6.13. The van der Waals surface area contributed by atoms with Gasteiger partial charge < -0.3 is 0 Å². The molecule has 0 fully saturated rings. The van der Waals surface area contributed by atoms with Crippen LogP contribution in [0.2, 0.25) is 0 Å².